The molecule has 0 aromatic heterocycles. The predicted molar refractivity (Wildman–Crippen MR) is 62.2 cm³/mol. The lowest BCUT2D eigenvalue weighted by atomic mass is 10.1. The SMILES string of the molecule is CCc1cccc(OCC(C)(O)CC)c1. The van der Waals surface area contributed by atoms with Gasteiger partial charge in [0.1, 0.15) is 12.4 Å². The maximum absolute atomic E-state index is 9.79. The summed E-state index contributed by atoms with van der Waals surface area (Å²) in [5, 5.41) is 9.79. The molecule has 0 fully saturated rings. The largest absolute Gasteiger partial charge is 0.491 e. The van der Waals surface area contributed by atoms with Crippen molar-refractivity contribution in [1.29, 1.82) is 0 Å². The van der Waals surface area contributed by atoms with Crippen molar-refractivity contribution in [3.05, 3.63) is 29.8 Å². The Kier molecular flexibility index (Phi) is 4.15. The van der Waals surface area contributed by atoms with E-state index in [0.717, 1.165) is 12.2 Å². The van der Waals surface area contributed by atoms with Crippen molar-refractivity contribution in [2.24, 2.45) is 0 Å². The van der Waals surface area contributed by atoms with Crippen LogP contribution in [0.4, 0.5) is 0 Å². The number of hydrogen-bond acceptors (Lipinski definition) is 2. The van der Waals surface area contributed by atoms with E-state index in [1.54, 1.807) is 6.92 Å². The van der Waals surface area contributed by atoms with Crippen molar-refractivity contribution in [2.45, 2.75) is 39.2 Å². The van der Waals surface area contributed by atoms with Crippen molar-refractivity contribution in [3.8, 4) is 5.75 Å². The normalized spacial score (nSPS) is 14.7. The second-order valence-corrected chi connectivity index (χ2v) is 4.14. The van der Waals surface area contributed by atoms with E-state index in [1.807, 2.05) is 25.1 Å². The fraction of sp³-hybridized carbons (Fsp3) is 0.538. The van der Waals surface area contributed by atoms with Crippen LogP contribution < -0.4 is 4.74 Å². The van der Waals surface area contributed by atoms with Gasteiger partial charge in [-0.15, -0.1) is 0 Å². The smallest absolute Gasteiger partial charge is 0.119 e. The molecule has 0 saturated carbocycles. The summed E-state index contributed by atoms with van der Waals surface area (Å²) in [5.41, 5.74) is 0.519. The third kappa shape index (κ3) is 3.92. The van der Waals surface area contributed by atoms with Crippen LogP contribution in [0.25, 0.3) is 0 Å². The summed E-state index contributed by atoms with van der Waals surface area (Å²) in [5.74, 6) is 0.836. The van der Waals surface area contributed by atoms with Gasteiger partial charge in [-0.05, 0) is 37.5 Å². The highest BCUT2D eigenvalue weighted by Crippen LogP contribution is 2.16. The minimum Gasteiger partial charge on any atom is -0.491 e. The fourth-order valence-corrected chi connectivity index (χ4v) is 1.20. The number of aryl methyl sites for hydroxylation is 1. The Bertz CT molecular complexity index is 305. The van der Waals surface area contributed by atoms with Crippen molar-refractivity contribution in [3.63, 3.8) is 0 Å². The second-order valence-electron chi connectivity index (χ2n) is 4.14. The lowest BCUT2D eigenvalue weighted by Crippen LogP contribution is -2.31. The Labute approximate surface area is 91.9 Å². The highest BCUT2D eigenvalue weighted by atomic mass is 16.5. The van der Waals surface area contributed by atoms with E-state index in [-0.39, 0.29) is 0 Å². The summed E-state index contributed by atoms with van der Waals surface area (Å²) in [6, 6.07) is 8.00. The molecule has 1 aromatic carbocycles. The molecule has 15 heavy (non-hydrogen) atoms. The maximum Gasteiger partial charge on any atom is 0.119 e. The van der Waals surface area contributed by atoms with Gasteiger partial charge >= 0.3 is 0 Å². The number of rotatable bonds is 5. The Morgan fingerprint density at radius 3 is 2.67 bits per heavy atom. The number of aliphatic hydroxyl groups is 1. The average Bonchev–Trinajstić information content (AvgIpc) is 2.27. The number of hydrogen-bond donors (Lipinski definition) is 1. The molecular weight excluding hydrogens is 188 g/mol. The minimum atomic E-state index is -0.734. The van der Waals surface area contributed by atoms with Gasteiger partial charge in [0, 0.05) is 0 Å². The predicted octanol–water partition coefficient (Wildman–Crippen LogP) is 2.79. The zero-order valence-electron chi connectivity index (χ0n) is 9.79. The van der Waals surface area contributed by atoms with Gasteiger partial charge in [-0.25, -0.2) is 0 Å². The molecule has 1 N–H and O–H groups in total. The summed E-state index contributed by atoms with van der Waals surface area (Å²) >= 11 is 0. The first-order valence-corrected chi connectivity index (χ1v) is 5.51. The third-order valence-electron chi connectivity index (χ3n) is 2.62. The Balaban J connectivity index is 2.57. The topological polar surface area (TPSA) is 29.5 Å². The molecule has 2 heteroatoms. The quantitative estimate of drug-likeness (QED) is 0.806. The highest BCUT2D eigenvalue weighted by molar-refractivity contribution is 5.28. The van der Waals surface area contributed by atoms with Crippen LogP contribution in [0.5, 0.6) is 5.75 Å². The Hall–Kier alpha value is -1.02. The number of ether oxygens (including phenoxy) is 1. The third-order valence-corrected chi connectivity index (χ3v) is 2.62. The van der Waals surface area contributed by atoms with Crippen LogP contribution in [0.1, 0.15) is 32.8 Å². The summed E-state index contributed by atoms with van der Waals surface area (Å²) in [6.07, 6.45) is 1.70. The van der Waals surface area contributed by atoms with Gasteiger partial charge in [0.25, 0.3) is 0 Å². The minimum absolute atomic E-state index is 0.344. The average molecular weight is 208 g/mol. The van der Waals surface area contributed by atoms with E-state index in [0.29, 0.717) is 13.0 Å². The molecule has 0 saturated heterocycles. The van der Waals surface area contributed by atoms with E-state index >= 15 is 0 Å². The van der Waals surface area contributed by atoms with E-state index in [2.05, 4.69) is 13.0 Å². The van der Waals surface area contributed by atoms with E-state index in [9.17, 15) is 5.11 Å². The first-order valence-electron chi connectivity index (χ1n) is 5.51. The molecule has 0 spiro atoms. The molecule has 0 radical (unpaired) electrons. The van der Waals surface area contributed by atoms with Gasteiger partial charge in [0.2, 0.25) is 0 Å². The zero-order chi connectivity index (χ0) is 11.3. The summed E-state index contributed by atoms with van der Waals surface area (Å²) in [7, 11) is 0. The lowest BCUT2D eigenvalue weighted by Gasteiger charge is -2.21. The monoisotopic (exact) mass is 208 g/mol. The van der Waals surface area contributed by atoms with Gasteiger partial charge in [-0.1, -0.05) is 26.0 Å². The van der Waals surface area contributed by atoms with Gasteiger partial charge < -0.3 is 9.84 Å². The van der Waals surface area contributed by atoms with Crippen molar-refractivity contribution in [2.75, 3.05) is 6.61 Å². The first kappa shape index (κ1) is 12.1. The molecule has 0 amide bonds. The molecule has 1 aromatic rings. The zero-order valence-corrected chi connectivity index (χ0v) is 9.79. The first-order chi connectivity index (χ1) is 7.07. The molecule has 0 aliphatic heterocycles. The Morgan fingerprint density at radius 1 is 1.33 bits per heavy atom. The number of benzene rings is 1. The summed E-state index contributed by atoms with van der Waals surface area (Å²) < 4.78 is 5.55. The van der Waals surface area contributed by atoms with Gasteiger partial charge in [0.05, 0.1) is 5.60 Å². The molecule has 1 unspecified atom stereocenters. The van der Waals surface area contributed by atoms with Crippen LogP contribution >= 0.6 is 0 Å². The Morgan fingerprint density at radius 2 is 2.07 bits per heavy atom. The maximum atomic E-state index is 9.79. The van der Waals surface area contributed by atoms with Crippen LogP contribution in [-0.4, -0.2) is 17.3 Å². The molecule has 0 aliphatic carbocycles. The molecule has 2 nitrogen and oxygen atoms in total. The highest BCUT2D eigenvalue weighted by Gasteiger charge is 2.18. The van der Waals surface area contributed by atoms with E-state index in [1.165, 1.54) is 5.56 Å². The van der Waals surface area contributed by atoms with Crippen LogP contribution in [0.3, 0.4) is 0 Å². The summed E-state index contributed by atoms with van der Waals surface area (Å²) in [4.78, 5) is 0. The molecule has 1 rings (SSSR count). The van der Waals surface area contributed by atoms with Gasteiger partial charge in [-0.2, -0.15) is 0 Å². The molecule has 0 aliphatic rings. The fourth-order valence-electron chi connectivity index (χ4n) is 1.20. The molecule has 84 valence electrons. The molecular formula is C13H20O2. The summed E-state index contributed by atoms with van der Waals surface area (Å²) in [6.45, 7) is 6.19. The van der Waals surface area contributed by atoms with Gasteiger partial charge in [-0.3, -0.25) is 0 Å². The van der Waals surface area contributed by atoms with Crippen LogP contribution in [-0.2, 0) is 6.42 Å². The molecule has 0 bridgehead atoms. The molecule has 0 heterocycles. The van der Waals surface area contributed by atoms with E-state index in [4.69, 9.17) is 4.74 Å². The van der Waals surface area contributed by atoms with Crippen molar-refractivity contribution in [1.82, 2.24) is 0 Å². The van der Waals surface area contributed by atoms with E-state index < -0.39 is 5.60 Å². The van der Waals surface area contributed by atoms with Crippen LogP contribution in [0.15, 0.2) is 24.3 Å². The van der Waals surface area contributed by atoms with Crippen LogP contribution in [0.2, 0.25) is 0 Å². The van der Waals surface area contributed by atoms with Crippen molar-refractivity contribution < 1.29 is 9.84 Å². The van der Waals surface area contributed by atoms with Crippen molar-refractivity contribution >= 4 is 0 Å². The van der Waals surface area contributed by atoms with Crippen LogP contribution in [0, 0.1) is 0 Å². The standard InChI is InChI=1S/C13H20O2/c1-4-11-7-6-8-12(9-11)15-10-13(3,14)5-2/h6-9,14H,4-5,10H2,1-3H3. The lowest BCUT2D eigenvalue weighted by molar-refractivity contribution is 0.00845. The van der Waals surface area contributed by atoms with Gasteiger partial charge in [0.15, 0.2) is 0 Å². The second kappa shape index (κ2) is 5.17. The molecule has 1 atom stereocenters.